The molecule has 1 aromatic heterocycles. The predicted molar refractivity (Wildman–Crippen MR) is 74.1 cm³/mol. The van der Waals surface area contributed by atoms with Crippen LogP contribution in [-0.4, -0.2) is 49.2 Å². The molecule has 1 rings (SSSR count). The first-order chi connectivity index (χ1) is 8.08. The molecule has 0 radical (unpaired) electrons. The third-order valence-corrected chi connectivity index (χ3v) is 3.15. The Morgan fingerprint density at radius 3 is 2.76 bits per heavy atom. The third-order valence-electron chi connectivity index (χ3n) is 2.05. The number of anilines is 1. The molecule has 1 aromatic rings. The van der Waals surface area contributed by atoms with Gasteiger partial charge in [0.25, 0.3) is 0 Å². The van der Waals surface area contributed by atoms with E-state index in [0.717, 1.165) is 11.0 Å². The molecule has 7 heteroatoms. The lowest BCUT2D eigenvalue weighted by atomic mass is 10.4. The summed E-state index contributed by atoms with van der Waals surface area (Å²) in [6.07, 6.45) is 1.68. The van der Waals surface area contributed by atoms with Crippen molar-refractivity contribution in [2.75, 3.05) is 39.3 Å². The lowest BCUT2D eigenvalue weighted by Gasteiger charge is -2.20. The zero-order chi connectivity index (χ0) is 12.8. The molecule has 5 nitrogen and oxygen atoms in total. The molecule has 1 atom stereocenters. The van der Waals surface area contributed by atoms with Crippen molar-refractivity contribution in [2.45, 2.75) is 4.83 Å². The van der Waals surface area contributed by atoms with Crippen LogP contribution >= 0.6 is 31.9 Å². The second-order valence-electron chi connectivity index (χ2n) is 3.46. The number of aromatic nitrogens is 2. The number of halogens is 2. The van der Waals surface area contributed by atoms with Gasteiger partial charge in [0.05, 0.1) is 29.2 Å². The van der Waals surface area contributed by atoms with E-state index in [1.54, 1.807) is 20.4 Å². The van der Waals surface area contributed by atoms with Crippen molar-refractivity contribution in [1.82, 2.24) is 9.97 Å². The molecule has 0 aromatic carbocycles. The maximum Gasteiger partial charge on any atom is 0.232 e. The molecule has 0 spiro atoms. The maximum absolute atomic E-state index is 5.13. The van der Waals surface area contributed by atoms with Crippen LogP contribution in [0.5, 0.6) is 5.88 Å². The molecule has 0 fully saturated rings. The molecule has 0 aliphatic rings. The van der Waals surface area contributed by atoms with E-state index in [9.17, 15) is 0 Å². The number of hydrogen-bond acceptors (Lipinski definition) is 5. The largest absolute Gasteiger partial charge is 0.480 e. The van der Waals surface area contributed by atoms with E-state index in [0.29, 0.717) is 18.4 Å². The average molecular weight is 369 g/mol. The van der Waals surface area contributed by atoms with Crippen molar-refractivity contribution in [1.29, 1.82) is 0 Å². The van der Waals surface area contributed by atoms with Gasteiger partial charge in [-0.05, 0) is 15.9 Å². The van der Waals surface area contributed by atoms with Gasteiger partial charge in [0, 0.05) is 20.7 Å². The van der Waals surface area contributed by atoms with Gasteiger partial charge in [-0.25, -0.2) is 4.98 Å². The minimum Gasteiger partial charge on any atom is -0.480 e. The van der Waals surface area contributed by atoms with Gasteiger partial charge in [0.1, 0.15) is 0 Å². The molecular weight excluding hydrogens is 354 g/mol. The summed E-state index contributed by atoms with van der Waals surface area (Å²) in [6.45, 7) is 1.39. The molecule has 0 N–H and O–H groups in total. The standard InChI is InChI=1S/C10H15Br2N3O2/c1-15(5-7(11)6-16-2)10-13-4-8(12)9(14-10)17-3/h4,7H,5-6H2,1-3H3. The van der Waals surface area contributed by atoms with Gasteiger partial charge in [-0.15, -0.1) is 0 Å². The fourth-order valence-corrected chi connectivity index (χ4v) is 2.33. The Morgan fingerprint density at radius 2 is 2.18 bits per heavy atom. The summed E-state index contributed by atoms with van der Waals surface area (Å²) in [5.74, 6) is 1.14. The lowest BCUT2D eigenvalue weighted by molar-refractivity contribution is 0.201. The predicted octanol–water partition coefficient (Wildman–Crippen LogP) is 2.09. The van der Waals surface area contributed by atoms with Gasteiger partial charge in [-0.2, -0.15) is 4.98 Å². The highest BCUT2D eigenvalue weighted by Crippen LogP contribution is 2.23. The minimum atomic E-state index is 0.232. The Kier molecular flexibility index (Phi) is 6.15. The van der Waals surface area contributed by atoms with Crippen LogP contribution in [-0.2, 0) is 4.74 Å². The number of hydrogen-bond donors (Lipinski definition) is 0. The van der Waals surface area contributed by atoms with Crippen molar-refractivity contribution >= 4 is 37.8 Å². The highest BCUT2D eigenvalue weighted by molar-refractivity contribution is 9.10. The Hall–Kier alpha value is -0.400. The fraction of sp³-hybridized carbons (Fsp3) is 0.600. The summed E-state index contributed by atoms with van der Waals surface area (Å²) < 4.78 is 10.9. The van der Waals surface area contributed by atoms with Crippen LogP contribution in [0.3, 0.4) is 0 Å². The number of alkyl halides is 1. The third kappa shape index (κ3) is 4.40. The molecule has 0 saturated heterocycles. The first-order valence-electron chi connectivity index (χ1n) is 4.99. The zero-order valence-electron chi connectivity index (χ0n) is 9.98. The molecule has 96 valence electrons. The molecule has 0 amide bonds. The van der Waals surface area contributed by atoms with Crippen LogP contribution in [0.25, 0.3) is 0 Å². The van der Waals surface area contributed by atoms with Crippen molar-refractivity contribution < 1.29 is 9.47 Å². The molecule has 0 aliphatic carbocycles. The van der Waals surface area contributed by atoms with Crippen LogP contribution in [0.4, 0.5) is 5.95 Å². The summed E-state index contributed by atoms with van der Waals surface area (Å²) in [7, 11) is 5.18. The quantitative estimate of drug-likeness (QED) is 0.719. The van der Waals surface area contributed by atoms with E-state index in [4.69, 9.17) is 9.47 Å². The molecule has 1 unspecified atom stereocenters. The minimum absolute atomic E-state index is 0.232. The number of ether oxygens (including phenoxy) is 2. The van der Waals surface area contributed by atoms with Crippen LogP contribution < -0.4 is 9.64 Å². The van der Waals surface area contributed by atoms with Gasteiger partial charge in [0.2, 0.25) is 11.8 Å². The van der Waals surface area contributed by atoms with E-state index < -0.39 is 0 Å². The van der Waals surface area contributed by atoms with Gasteiger partial charge in [0.15, 0.2) is 0 Å². The monoisotopic (exact) mass is 367 g/mol. The van der Waals surface area contributed by atoms with Gasteiger partial charge >= 0.3 is 0 Å². The molecule has 17 heavy (non-hydrogen) atoms. The molecule has 0 aliphatic heterocycles. The first kappa shape index (κ1) is 14.7. The summed E-state index contributed by atoms with van der Waals surface area (Å²) in [6, 6.07) is 0. The second kappa shape index (κ2) is 7.13. The number of nitrogens with zero attached hydrogens (tertiary/aromatic N) is 3. The summed E-state index contributed by atoms with van der Waals surface area (Å²) in [5.41, 5.74) is 0. The Labute approximate surface area is 118 Å². The Balaban J connectivity index is 2.71. The van der Waals surface area contributed by atoms with Crippen LogP contribution in [0.1, 0.15) is 0 Å². The van der Waals surface area contributed by atoms with Crippen LogP contribution in [0, 0.1) is 0 Å². The van der Waals surface area contributed by atoms with E-state index in [-0.39, 0.29) is 4.83 Å². The number of rotatable bonds is 6. The molecule has 0 saturated carbocycles. The topological polar surface area (TPSA) is 47.5 Å². The summed E-state index contributed by atoms with van der Waals surface area (Å²) in [5, 5.41) is 0. The molecular formula is C10H15Br2N3O2. The Bertz CT molecular complexity index is 365. The van der Waals surface area contributed by atoms with Gasteiger partial charge in [-0.3, -0.25) is 0 Å². The number of methoxy groups -OCH3 is 2. The lowest BCUT2D eigenvalue weighted by Crippen LogP contribution is -2.29. The maximum atomic E-state index is 5.13. The van der Waals surface area contributed by atoms with E-state index in [2.05, 4.69) is 41.8 Å². The average Bonchev–Trinajstić information content (AvgIpc) is 2.29. The van der Waals surface area contributed by atoms with Gasteiger partial charge in [-0.1, -0.05) is 15.9 Å². The van der Waals surface area contributed by atoms with Crippen molar-refractivity contribution in [2.24, 2.45) is 0 Å². The normalized spacial score (nSPS) is 12.3. The fourth-order valence-electron chi connectivity index (χ4n) is 1.28. The van der Waals surface area contributed by atoms with Crippen molar-refractivity contribution in [3.8, 4) is 5.88 Å². The van der Waals surface area contributed by atoms with E-state index >= 15 is 0 Å². The smallest absolute Gasteiger partial charge is 0.232 e. The zero-order valence-corrected chi connectivity index (χ0v) is 13.2. The van der Waals surface area contributed by atoms with Crippen molar-refractivity contribution in [3.05, 3.63) is 10.7 Å². The van der Waals surface area contributed by atoms with Crippen LogP contribution in [0.2, 0.25) is 0 Å². The SMILES string of the molecule is COCC(Br)CN(C)c1ncc(Br)c(OC)n1. The molecule has 1 heterocycles. The first-order valence-corrected chi connectivity index (χ1v) is 6.70. The molecule has 0 bridgehead atoms. The van der Waals surface area contributed by atoms with Gasteiger partial charge < -0.3 is 14.4 Å². The van der Waals surface area contributed by atoms with Crippen molar-refractivity contribution in [3.63, 3.8) is 0 Å². The Morgan fingerprint density at radius 1 is 1.47 bits per heavy atom. The highest BCUT2D eigenvalue weighted by Gasteiger charge is 2.12. The highest BCUT2D eigenvalue weighted by atomic mass is 79.9. The second-order valence-corrected chi connectivity index (χ2v) is 5.61. The summed E-state index contributed by atoms with van der Waals surface area (Å²) in [4.78, 5) is 10.7. The van der Waals surface area contributed by atoms with Crippen LogP contribution in [0.15, 0.2) is 10.7 Å². The van der Waals surface area contributed by atoms with E-state index in [1.807, 2.05) is 11.9 Å². The summed E-state index contributed by atoms with van der Waals surface area (Å²) >= 11 is 6.84. The van der Waals surface area contributed by atoms with E-state index in [1.165, 1.54) is 0 Å².